The maximum absolute atomic E-state index is 13.2. The topological polar surface area (TPSA) is 84.4 Å². The van der Waals surface area contributed by atoms with Gasteiger partial charge in [0.05, 0.1) is 19.2 Å². The van der Waals surface area contributed by atoms with E-state index in [4.69, 9.17) is 9.72 Å². The molecule has 2 aromatic heterocycles. The molecule has 0 atom stereocenters. The summed E-state index contributed by atoms with van der Waals surface area (Å²) in [6, 6.07) is 17.3. The van der Waals surface area contributed by atoms with Crippen molar-refractivity contribution in [1.82, 2.24) is 9.97 Å². The summed E-state index contributed by atoms with van der Waals surface area (Å²) < 4.78 is 5.06. The average molecular weight is 499 g/mol. The third-order valence-corrected chi connectivity index (χ3v) is 7.17. The van der Waals surface area contributed by atoms with E-state index in [-0.39, 0.29) is 18.2 Å². The van der Waals surface area contributed by atoms with Gasteiger partial charge in [-0.1, -0.05) is 30.3 Å². The Morgan fingerprint density at radius 1 is 1.11 bits per heavy atom. The number of benzene rings is 2. The van der Waals surface area contributed by atoms with E-state index in [1.807, 2.05) is 61.2 Å². The summed E-state index contributed by atoms with van der Waals surface area (Å²) in [6.45, 7) is 4.61. The number of pyridine rings is 1. The van der Waals surface area contributed by atoms with E-state index in [9.17, 15) is 9.59 Å². The number of carbonyl (C=O) groups is 2. The van der Waals surface area contributed by atoms with Gasteiger partial charge in [0.25, 0.3) is 5.91 Å². The molecule has 1 aliphatic rings. The van der Waals surface area contributed by atoms with Crippen molar-refractivity contribution in [1.29, 1.82) is 0 Å². The van der Waals surface area contributed by atoms with Crippen molar-refractivity contribution >= 4 is 34.0 Å². The molecule has 2 amide bonds. The van der Waals surface area contributed by atoms with Crippen LogP contribution in [0.5, 0.6) is 5.88 Å². The van der Waals surface area contributed by atoms with E-state index in [0.29, 0.717) is 17.6 Å². The Kier molecular flexibility index (Phi) is 6.52. The van der Waals surface area contributed by atoms with Crippen LogP contribution in [0.15, 0.2) is 60.8 Å². The van der Waals surface area contributed by atoms with Crippen molar-refractivity contribution in [3.8, 4) is 17.1 Å². The molecule has 7 nitrogen and oxygen atoms in total. The number of hydrogen-bond acceptors (Lipinski definition) is 6. The molecule has 0 fully saturated rings. The van der Waals surface area contributed by atoms with Gasteiger partial charge in [-0.25, -0.2) is 9.97 Å². The number of methoxy groups -OCH3 is 1. The quantitative estimate of drug-likeness (QED) is 0.394. The summed E-state index contributed by atoms with van der Waals surface area (Å²) >= 11 is 1.45. The van der Waals surface area contributed by atoms with Gasteiger partial charge in [0.15, 0.2) is 5.13 Å². The molecule has 4 aromatic rings. The van der Waals surface area contributed by atoms with E-state index in [1.54, 1.807) is 19.4 Å². The second-order valence-corrected chi connectivity index (χ2v) is 9.93. The highest BCUT2D eigenvalue weighted by atomic mass is 32.1. The maximum Gasteiger partial charge on any atom is 0.258 e. The minimum Gasteiger partial charge on any atom is -0.481 e. The number of hydrogen-bond donors (Lipinski definition) is 1. The van der Waals surface area contributed by atoms with Crippen molar-refractivity contribution in [3.05, 3.63) is 87.9 Å². The van der Waals surface area contributed by atoms with E-state index in [1.165, 1.54) is 11.3 Å². The fourth-order valence-electron chi connectivity index (χ4n) is 4.42. The van der Waals surface area contributed by atoms with Crippen LogP contribution in [-0.4, -0.2) is 35.4 Å². The lowest BCUT2D eigenvalue weighted by molar-refractivity contribution is -0.115. The third kappa shape index (κ3) is 4.72. The van der Waals surface area contributed by atoms with Crippen LogP contribution >= 0.6 is 11.3 Å². The number of anilines is 2. The summed E-state index contributed by atoms with van der Waals surface area (Å²) in [7, 11) is 1.55. The van der Waals surface area contributed by atoms with Crippen molar-refractivity contribution in [3.63, 3.8) is 0 Å². The predicted octanol–water partition coefficient (Wildman–Crippen LogP) is 5.21. The Morgan fingerprint density at radius 3 is 2.69 bits per heavy atom. The molecule has 0 aliphatic carbocycles. The smallest absolute Gasteiger partial charge is 0.258 e. The summed E-state index contributed by atoms with van der Waals surface area (Å²) in [5.74, 6) is 0.388. The fourth-order valence-corrected chi connectivity index (χ4v) is 5.27. The summed E-state index contributed by atoms with van der Waals surface area (Å²) in [6.07, 6.45) is 2.63. The standard InChI is InChI=1S/C28H26N4O3S/c1-17-6-4-5-7-22(17)27(34)32-13-12-20-15-21(9-10-23(20)32)26-18(2)36-28(31-26)30-24(33)14-19-8-11-25(35-3)29-16-19/h4-11,15-16H,12-14H2,1-3H3,(H,30,31,33). The van der Waals surface area contributed by atoms with Gasteiger partial charge in [-0.3, -0.25) is 9.59 Å². The highest BCUT2D eigenvalue weighted by molar-refractivity contribution is 7.16. The zero-order chi connectivity index (χ0) is 25.2. The highest BCUT2D eigenvalue weighted by Gasteiger charge is 2.27. The zero-order valence-corrected chi connectivity index (χ0v) is 21.2. The van der Waals surface area contributed by atoms with Gasteiger partial charge in [0, 0.05) is 40.5 Å². The lowest BCUT2D eigenvalue weighted by Gasteiger charge is -2.18. The van der Waals surface area contributed by atoms with E-state index < -0.39 is 0 Å². The molecular formula is C28H26N4O3S. The Bertz CT molecular complexity index is 1450. The summed E-state index contributed by atoms with van der Waals surface area (Å²) in [5, 5.41) is 3.47. The first-order valence-electron chi connectivity index (χ1n) is 11.7. The summed E-state index contributed by atoms with van der Waals surface area (Å²) in [4.78, 5) is 37.4. The Morgan fingerprint density at radius 2 is 1.94 bits per heavy atom. The second-order valence-electron chi connectivity index (χ2n) is 8.72. The van der Waals surface area contributed by atoms with Crippen molar-refractivity contribution in [2.75, 3.05) is 23.9 Å². The first-order chi connectivity index (χ1) is 17.4. The lowest BCUT2D eigenvalue weighted by atomic mass is 10.0. The Balaban J connectivity index is 1.31. The average Bonchev–Trinajstić information content (AvgIpc) is 3.46. The minimum atomic E-state index is -0.151. The highest BCUT2D eigenvalue weighted by Crippen LogP contribution is 2.36. The number of aryl methyl sites for hydroxylation is 2. The van der Waals surface area contributed by atoms with Gasteiger partial charge in [-0.15, -0.1) is 11.3 Å². The van der Waals surface area contributed by atoms with E-state index >= 15 is 0 Å². The van der Waals surface area contributed by atoms with Crippen LogP contribution in [-0.2, 0) is 17.6 Å². The van der Waals surface area contributed by atoms with Crippen molar-refractivity contribution in [2.45, 2.75) is 26.7 Å². The monoisotopic (exact) mass is 498 g/mol. The molecule has 0 unspecified atom stereocenters. The lowest BCUT2D eigenvalue weighted by Crippen LogP contribution is -2.29. The van der Waals surface area contributed by atoms with Crippen LogP contribution in [0.4, 0.5) is 10.8 Å². The predicted molar refractivity (Wildman–Crippen MR) is 142 cm³/mol. The normalized spacial score (nSPS) is 12.4. The van der Waals surface area contributed by atoms with Gasteiger partial charge in [-0.05, 0) is 55.2 Å². The number of amides is 2. The molecule has 0 saturated carbocycles. The van der Waals surface area contributed by atoms with E-state index in [0.717, 1.165) is 50.5 Å². The molecule has 1 N–H and O–H groups in total. The van der Waals surface area contributed by atoms with Crippen LogP contribution in [0.2, 0.25) is 0 Å². The minimum absolute atomic E-state index is 0.0292. The third-order valence-electron chi connectivity index (χ3n) is 6.28. The van der Waals surface area contributed by atoms with Crippen LogP contribution in [0, 0.1) is 13.8 Å². The Labute approximate surface area is 213 Å². The van der Waals surface area contributed by atoms with Crippen LogP contribution < -0.4 is 15.0 Å². The number of aromatic nitrogens is 2. The fraction of sp³-hybridized carbons (Fsp3) is 0.214. The van der Waals surface area contributed by atoms with Crippen molar-refractivity contribution in [2.24, 2.45) is 0 Å². The number of thiazole rings is 1. The first kappa shape index (κ1) is 23.7. The van der Waals surface area contributed by atoms with Gasteiger partial charge < -0.3 is 15.0 Å². The van der Waals surface area contributed by atoms with Gasteiger partial charge in [-0.2, -0.15) is 0 Å². The molecule has 8 heteroatoms. The second kappa shape index (κ2) is 9.91. The van der Waals surface area contributed by atoms with Crippen molar-refractivity contribution < 1.29 is 14.3 Å². The van der Waals surface area contributed by atoms with Gasteiger partial charge in [0.1, 0.15) is 0 Å². The molecule has 0 radical (unpaired) electrons. The maximum atomic E-state index is 13.2. The first-order valence-corrected chi connectivity index (χ1v) is 12.5. The number of fused-ring (bicyclic) bond motifs is 1. The summed E-state index contributed by atoms with van der Waals surface area (Å²) in [5.41, 5.74) is 6.39. The molecule has 2 aromatic carbocycles. The number of ether oxygens (including phenoxy) is 1. The van der Waals surface area contributed by atoms with Crippen LogP contribution in [0.25, 0.3) is 11.3 Å². The Hall–Kier alpha value is -4.04. The molecule has 0 saturated heterocycles. The zero-order valence-electron chi connectivity index (χ0n) is 20.4. The number of nitrogens with zero attached hydrogens (tertiary/aromatic N) is 3. The number of nitrogens with one attached hydrogen (secondary N) is 1. The molecule has 0 bridgehead atoms. The van der Waals surface area contributed by atoms with Crippen LogP contribution in [0.3, 0.4) is 0 Å². The molecule has 36 heavy (non-hydrogen) atoms. The van der Waals surface area contributed by atoms with Gasteiger partial charge >= 0.3 is 0 Å². The molecule has 3 heterocycles. The van der Waals surface area contributed by atoms with Gasteiger partial charge in [0.2, 0.25) is 11.8 Å². The molecule has 5 rings (SSSR count). The number of carbonyl (C=O) groups excluding carboxylic acids is 2. The number of rotatable bonds is 6. The molecular weight excluding hydrogens is 472 g/mol. The van der Waals surface area contributed by atoms with E-state index in [2.05, 4.69) is 16.4 Å². The SMILES string of the molecule is COc1ccc(CC(=O)Nc2nc(-c3ccc4c(c3)CCN4C(=O)c3ccccc3C)c(C)s2)cn1. The van der Waals surface area contributed by atoms with Crippen LogP contribution in [0.1, 0.15) is 31.9 Å². The largest absolute Gasteiger partial charge is 0.481 e. The molecule has 1 aliphatic heterocycles. The molecule has 182 valence electrons. The molecule has 0 spiro atoms.